The van der Waals surface area contributed by atoms with Gasteiger partial charge in [-0.2, -0.15) is 0 Å². The zero-order valence-corrected chi connectivity index (χ0v) is 21.6. The number of amides is 2. The quantitative estimate of drug-likeness (QED) is 0.559. The first-order valence-electron chi connectivity index (χ1n) is 12.1. The summed E-state index contributed by atoms with van der Waals surface area (Å²) in [5, 5.41) is 0. The Balaban J connectivity index is 1.34. The van der Waals surface area contributed by atoms with Crippen LogP contribution in [0.3, 0.4) is 0 Å². The number of anilines is 1. The van der Waals surface area contributed by atoms with Crippen molar-refractivity contribution >= 4 is 35.3 Å². The molecule has 9 heteroatoms. The summed E-state index contributed by atoms with van der Waals surface area (Å²) in [6, 6.07) is 11.2. The Hall–Kier alpha value is -3.01. The second-order valence-electron chi connectivity index (χ2n) is 8.90. The van der Waals surface area contributed by atoms with Crippen LogP contribution < -0.4 is 14.4 Å². The summed E-state index contributed by atoms with van der Waals surface area (Å²) in [5.41, 5.74) is 2.14. The molecular weight excluding hydrogens is 480 g/mol. The van der Waals surface area contributed by atoms with Gasteiger partial charge >= 0.3 is 0 Å². The molecule has 3 aliphatic rings. The molecule has 2 amide bonds. The van der Waals surface area contributed by atoms with Gasteiger partial charge in [0.2, 0.25) is 0 Å². The highest BCUT2D eigenvalue weighted by Crippen LogP contribution is 2.43. The fourth-order valence-electron chi connectivity index (χ4n) is 4.75. The number of benzene rings is 2. The molecule has 2 fully saturated rings. The van der Waals surface area contributed by atoms with E-state index >= 15 is 0 Å². The number of rotatable bonds is 5. The summed E-state index contributed by atoms with van der Waals surface area (Å²) in [6.45, 7) is 4.84. The first-order valence-corrected chi connectivity index (χ1v) is 12.9. The average molecular weight is 511 g/mol. The van der Waals surface area contributed by atoms with Crippen LogP contribution in [0.4, 0.5) is 5.69 Å². The van der Waals surface area contributed by atoms with Gasteiger partial charge in [0.05, 0.1) is 37.5 Å². The van der Waals surface area contributed by atoms with Crippen LogP contribution in [0.25, 0.3) is 6.08 Å². The maximum atomic E-state index is 13.2. The number of carbonyl (C=O) groups is 2. The third kappa shape index (κ3) is 4.70. The first kappa shape index (κ1) is 24.7. The SMILES string of the molecule is CCOc1ccc(C=C2Sc3ccc(C(=O)N4CCC5(CC4)OCCO5)cc3N(C)C2=O)cc1OC. The van der Waals surface area contributed by atoms with Crippen LogP contribution in [0.5, 0.6) is 11.5 Å². The standard InChI is InChI=1S/C27H30N2O6S/c1-4-33-21-7-5-18(15-22(21)32-3)16-24-26(31)28(2)20-17-19(6-8-23(20)36-24)25(30)29-11-9-27(10-12-29)34-13-14-35-27/h5-8,15-17H,4,9-14H2,1-3H3. The molecular formula is C27H30N2O6S. The smallest absolute Gasteiger partial charge is 0.264 e. The molecule has 0 radical (unpaired) electrons. The normalized spacial score (nSPS) is 20.1. The van der Waals surface area contributed by atoms with Crippen LogP contribution in [0.2, 0.25) is 0 Å². The van der Waals surface area contributed by atoms with Crippen LogP contribution in [0, 0.1) is 0 Å². The second kappa shape index (κ2) is 10.2. The molecule has 0 aliphatic carbocycles. The van der Waals surface area contributed by atoms with E-state index in [-0.39, 0.29) is 11.8 Å². The summed E-state index contributed by atoms with van der Waals surface area (Å²) in [6.07, 6.45) is 3.19. The number of thioether (sulfide) groups is 1. The molecule has 0 unspecified atom stereocenters. The molecule has 0 bridgehead atoms. The van der Waals surface area contributed by atoms with E-state index in [4.69, 9.17) is 18.9 Å². The van der Waals surface area contributed by atoms with Gasteiger partial charge in [0.25, 0.3) is 11.8 Å². The lowest BCUT2D eigenvalue weighted by Gasteiger charge is -2.37. The third-order valence-electron chi connectivity index (χ3n) is 6.71. The van der Waals surface area contributed by atoms with Crippen LogP contribution in [0.1, 0.15) is 35.7 Å². The Morgan fingerprint density at radius 2 is 1.86 bits per heavy atom. The van der Waals surface area contributed by atoms with E-state index in [0.29, 0.717) is 67.7 Å². The van der Waals surface area contributed by atoms with Crippen molar-refractivity contribution in [3.8, 4) is 11.5 Å². The summed E-state index contributed by atoms with van der Waals surface area (Å²) < 4.78 is 22.6. The molecule has 3 aliphatic heterocycles. The molecule has 0 N–H and O–H groups in total. The number of likely N-dealkylation sites (N-methyl/N-ethyl adjacent to an activating group) is 1. The van der Waals surface area contributed by atoms with Crippen LogP contribution >= 0.6 is 11.8 Å². The molecule has 0 aromatic heterocycles. The Bertz CT molecular complexity index is 1200. The number of methoxy groups -OCH3 is 1. The summed E-state index contributed by atoms with van der Waals surface area (Å²) in [5.74, 6) is 0.591. The predicted octanol–water partition coefficient (Wildman–Crippen LogP) is 4.18. The van der Waals surface area contributed by atoms with Crippen LogP contribution in [-0.4, -0.2) is 69.6 Å². The largest absolute Gasteiger partial charge is 0.493 e. The van der Waals surface area contributed by atoms with Gasteiger partial charge in [-0.25, -0.2) is 0 Å². The molecule has 0 saturated carbocycles. The molecule has 3 heterocycles. The molecule has 2 saturated heterocycles. The van der Waals surface area contributed by atoms with Crippen molar-refractivity contribution in [1.82, 2.24) is 4.90 Å². The molecule has 36 heavy (non-hydrogen) atoms. The van der Waals surface area contributed by atoms with E-state index in [1.165, 1.54) is 11.8 Å². The van der Waals surface area contributed by atoms with Gasteiger partial charge in [0.15, 0.2) is 17.3 Å². The summed E-state index contributed by atoms with van der Waals surface area (Å²) >= 11 is 1.40. The zero-order chi connectivity index (χ0) is 25.3. The van der Waals surface area contributed by atoms with E-state index in [0.717, 1.165) is 16.1 Å². The van der Waals surface area contributed by atoms with E-state index < -0.39 is 5.79 Å². The number of hydrogen-bond donors (Lipinski definition) is 0. The molecule has 2 aromatic rings. The van der Waals surface area contributed by atoms with Gasteiger partial charge < -0.3 is 28.7 Å². The van der Waals surface area contributed by atoms with Gasteiger partial charge in [0, 0.05) is 43.4 Å². The fraction of sp³-hybridized carbons (Fsp3) is 0.407. The zero-order valence-electron chi connectivity index (χ0n) is 20.7. The number of piperidine rings is 1. The van der Waals surface area contributed by atoms with E-state index in [1.54, 1.807) is 19.1 Å². The number of carbonyl (C=O) groups excluding carboxylic acids is 2. The molecule has 2 aromatic carbocycles. The van der Waals surface area contributed by atoms with Crippen molar-refractivity contribution in [1.29, 1.82) is 0 Å². The first-order chi connectivity index (χ1) is 17.4. The lowest BCUT2D eigenvalue weighted by Crippen LogP contribution is -2.47. The Morgan fingerprint density at radius 1 is 1.11 bits per heavy atom. The lowest BCUT2D eigenvalue weighted by atomic mass is 10.0. The highest BCUT2D eigenvalue weighted by atomic mass is 32.2. The number of hydrogen-bond acceptors (Lipinski definition) is 7. The van der Waals surface area contributed by atoms with Gasteiger partial charge in [0.1, 0.15) is 0 Å². The molecule has 8 nitrogen and oxygen atoms in total. The van der Waals surface area contributed by atoms with Crippen molar-refractivity contribution in [3.05, 3.63) is 52.4 Å². The maximum Gasteiger partial charge on any atom is 0.264 e. The van der Waals surface area contributed by atoms with Gasteiger partial charge in [-0.05, 0) is 48.9 Å². The minimum Gasteiger partial charge on any atom is -0.493 e. The summed E-state index contributed by atoms with van der Waals surface area (Å²) in [7, 11) is 3.33. The topological polar surface area (TPSA) is 77.5 Å². The monoisotopic (exact) mass is 510 g/mol. The molecule has 1 spiro atoms. The second-order valence-corrected chi connectivity index (χ2v) is 9.98. The number of ether oxygens (including phenoxy) is 4. The average Bonchev–Trinajstić information content (AvgIpc) is 3.35. The summed E-state index contributed by atoms with van der Waals surface area (Å²) in [4.78, 5) is 31.4. The molecule has 5 rings (SSSR count). The van der Waals surface area contributed by atoms with Crippen molar-refractivity contribution in [3.63, 3.8) is 0 Å². The van der Waals surface area contributed by atoms with Crippen molar-refractivity contribution < 1.29 is 28.5 Å². The third-order valence-corrected chi connectivity index (χ3v) is 7.79. The molecule has 0 atom stereocenters. The number of fused-ring (bicyclic) bond motifs is 1. The Morgan fingerprint density at radius 3 is 2.56 bits per heavy atom. The number of likely N-dealkylation sites (tertiary alicyclic amines) is 1. The Labute approximate surface area is 215 Å². The predicted molar refractivity (Wildman–Crippen MR) is 138 cm³/mol. The minimum atomic E-state index is -0.522. The van der Waals surface area contributed by atoms with Crippen molar-refractivity contribution in [2.75, 3.05) is 52.0 Å². The molecule has 190 valence electrons. The van der Waals surface area contributed by atoms with Gasteiger partial charge in [-0.3, -0.25) is 9.59 Å². The Kier molecular flexibility index (Phi) is 6.96. The van der Waals surface area contributed by atoms with E-state index in [1.807, 2.05) is 54.3 Å². The van der Waals surface area contributed by atoms with Crippen LogP contribution in [0.15, 0.2) is 46.2 Å². The minimum absolute atomic E-state index is 0.0423. The van der Waals surface area contributed by atoms with Gasteiger partial charge in [-0.1, -0.05) is 17.8 Å². The van der Waals surface area contributed by atoms with Crippen molar-refractivity contribution in [2.45, 2.75) is 30.4 Å². The van der Waals surface area contributed by atoms with E-state index in [9.17, 15) is 9.59 Å². The highest BCUT2D eigenvalue weighted by Gasteiger charge is 2.41. The van der Waals surface area contributed by atoms with E-state index in [2.05, 4.69) is 0 Å². The van der Waals surface area contributed by atoms with Gasteiger partial charge in [-0.15, -0.1) is 0 Å². The maximum absolute atomic E-state index is 13.2. The van der Waals surface area contributed by atoms with Crippen molar-refractivity contribution in [2.24, 2.45) is 0 Å². The lowest BCUT2D eigenvalue weighted by molar-refractivity contribution is -0.181. The fourth-order valence-corrected chi connectivity index (χ4v) is 5.84. The number of nitrogens with zero attached hydrogens (tertiary/aromatic N) is 2. The highest BCUT2D eigenvalue weighted by molar-refractivity contribution is 8.04. The van der Waals surface area contributed by atoms with Crippen LogP contribution in [-0.2, 0) is 14.3 Å².